The molecule has 1 aromatic rings. The predicted molar refractivity (Wildman–Crippen MR) is 111 cm³/mol. The summed E-state index contributed by atoms with van der Waals surface area (Å²) in [6.07, 6.45) is 5.95. The highest BCUT2D eigenvalue weighted by Gasteiger charge is 2.46. The molecule has 3 fully saturated rings. The molecule has 7 heteroatoms. The summed E-state index contributed by atoms with van der Waals surface area (Å²) >= 11 is 0. The predicted octanol–water partition coefficient (Wildman–Crippen LogP) is 1.32. The number of nitrogens with one attached hydrogen (secondary N) is 3. The Morgan fingerprint density at radius 2 is 1.93 bits per heavy atom. The molecule has 3 N–H and O–H groups in total. The van der Waals surface area contributed by atoms with Gasteiger partial charge in [-0.05, 0) is 80.3 Å². The molecule has 1 saturated carbocycles. The molecule has 7 nitrogen and oxygen atoms in total. The first-order valence-corrected chi connectivity index (χ1v) is 11.2. The second-order valence-corrected chi connectivity index (χ2v) is 9.37. The maximum Gasteiger partial charge on any atom is 0.255 e. The highest BCUT2D eigenvalue weighted by atomic mass is 16.2. The van der Waals surface area contributed by atoms with E-state index < -0.39 is 6.04 Å². The summed E-state index contributed by atoms with van der Waals surface area (Å²) in [6.45, 7) is 4.52. The zero-order valence-corrected chi connectivity index (χ0v) is 17.3. The van der Waals surface area contributed by atoms with Gasteiger partial charge in [0.2, 0.25) is 11.8 Å². The van der Waals surface area contributed by atoms with Crippen molar-refractivity contribution in [2.45, 2.75) is 57.7 Å². The molecule has 3 aliphatic heterocycles. The van der Waals surface area contributed by atoms with Gasteiger partial charge in [-0.2, -0.15) is 0 Å². The highest BCUT2D eigenvalue weighted by Crippen LogP contribution is 2.52. The minimum Gasteiger partial charge on any atom is -0.322 e. The van der Waals surface area contributed by atoms with Gasteiger partial charge in [0.05, 0.1) is 0 Å². The Bertz CT molecular complexity index is 877. The van der Waals surface area contributed by atoms with Crippen molar-refractivity contribution in [1.29, 1.82) is 0 Å². The van der Waals surface area contributed by atoms with Crippen LogP contribution in [0, 0.1) is 11.3 Å². The smallest absolute Gasteiger partial charge is 0.255 e. The van der Waals surface area contributed by atoms with Gasteiger partial charge in [-0.15, -0.1) is 0 Å². The average molecular weight is 411 g/mol. The fourth-order valence-corrected chi connectivity index (χ4v) is 5.76. The molecule has 1 spiro atoms. The maximum atomic E-state index is 12.9. The summed E-state index contributed by atoms with van der Waals surface area (Å²) in [4.78, 5) is 38.1. The first kappa shape index (κ1) is 19.7. The monoisotopic (exact) mass is 410 g/mol. The second kappa shape index (κ2) is 7.78. The Morgan fingerprint density at radius 3 is 2.67 bits per heavy atom. The van der Waals surface area contributed by atoms with Crippen LogP contribution in [-0.4, -0.2) is 48.3 Å². The van der Waals surface area contributed by atoms with Crippen LogP contribution >= 0.6 is 0 Å². The van der Waals surface area contributed by atoms with E-state index in [0.29, 0.717) is 23.9 Å². The summed E-state index contributed by atoms with van der Waals surface area (Å²) in [5.74, 6) is 0.0424. The standard InChI is InChI=1S/C23H30N4O3/c28-20-4-3-19(21(29)26-20)27-14-16-2-1-15(11-18(16)22(27)30)12-25-13-17-5-6-23(17)7-9-24-10-8-23/h1-2,11,17,19,24-25H,3-10,12-14H2,(H,26,28,29). The Balaban J connectivity index is 1.19. The van der Waals surface area contributed by atoms with E-state index in [1.165, 1.54) is 25.7 Å². The second-order valence-electron chi connectivity index (χ2n) is 9.37. The lowest BCUT2D eigenvalue weighted by Gasteiger charge is -2.52. The first-order chi connectivity index (χ1) is 14.6. The number of rotatable bonds is 5. The number of benzene rings is 1. The number of carbonyl (C=O) groups excluding carboxylic acids is 3. The molecule has 2 unspecified atom stereocenters. The van der Waals surface area contributed by atoms with Gasteiger partial charge in [-0.3, -0.25) is 19.7 Å². The van der Waals surface area contributed by atoms with Crippen LogP contribution in [0.1, 0.15) is 60.0 Å². The van der Waals surface area contributed by atoms with Gasteiger partial charge in [0.15, 0.2) is 0 Å². The number of piperidine rings is 2. The largest absolute Gasteiger partial charge is 0.322 e. The summed E-state index contributed by atoms with van der Waals surface area (Å²) in [5.41, 5.74) is 3.30. The average Bonchev–Trinajstić information content (AvgIpc) is 3.07. The molecule has 30 heavy (non-hydrogen) atoms. The normalized spacial score (nSPS) is 27.7. The molecule has 5 rings (SSSR count). The summed E-state index contributed by atoms with van der Waals surface area (Å²) in [7, 11) is 0. The number of hydrogen-bond donors (Lipinski definition) is 3. The van der Waals surface area contributed by atoms with Gasteiger partial charge in [0, 0.05) is 25.1 Å². The summed E-state index contributed by atoms with van der Waals surface area (Å²) in [6, 6.07) is 5.50. The van der Waals surface area contributed by atoms with Crippen molar-refractivity contribution in [3.63, 3.8) is 0 Å². The van der Waals surface area contributed by atoms with Gasteiger partial charge in [-0.25, -0.2) is 0 Å². The van der Waals surface area contributed by atoms with Crippen LogP contribution in [0.2, 0.25) is 0 Å². The van der Waals surface area contributed by atoms with E-state index in [2.05, 4.69) is 22.0 Å². The molecule has 160 valence electrons. The van der Waals surface area contributed by atoms with E-state index in [9.17, 15) is 14.4 Å². The summed E-state index contributed by atoms with van der Waals surface area (Å²) < 4.78 is 0. The Labute approximate surface area is 177 Å². The fraction of sp³-hybridized carbons (Fsp3) is 0.609. The number of hydrogen-bond acceptors (Lipinski definition) is 5. The zero-order valence-electron chi connectivity index (χ0n) is 17.3. The minimum absolute atomic E-state index is 0.103. The molecular weight excluding hydrogens is 380 g/mol. The van der Waals surface area contributed by atoms with Crippen LogP contribution in [0.4, 0.5) is 0 Å². The Kier molecular flexibility index (Phi) is 5.11. The van der Waals surface area contributed by atoms with Gasteiger partial charge >= 0.3 is 0 Å². The van der Waals surface area contributed by atoms with Crippen LogP contribution < -0.4 is 16.0 Å². The van der Waals surface area contributed by atoms with Crippen LogP contribution in [0.3, 0.4) is 0 Å². The Hall–Kier alpha value is -2.25. The molecule has 3 heterocycles. The first-order valence-electron chi connectivity index (χ1n) is 11.2. The van der Waals surface area contributed by atoms with Gasteiger partial charge in [-0.1, -0.05) is 12.1 Å². The third-order valence-electron chi connectivity index (χ3n) is 7.77. The Morgan fingerprint density at radius 1 is 1.10 bits per heavy atom. The molecule has 3 amide bonds. The van der Waals surface area contributed by atoms with Crippen LogP contribution in [0.5, 0.6) is 0 Å². The van der Waals surface area contributed by atoms with Crippen LogP contribution in [-0.2, 0) is 22.7 Å². The number of amides is 3. The number of fused-ring (bicyclic) bond motifs is 1. The number of imide groups is 1. The van der Waals surface area contributed by atoms with E-state index in [0.717, 1.165) is 43.2 Å². The zero-order chi connectivity index (χ0) is 20.7. The molecular formula is C23H30N4O3. The number of carbonyl (C=O) groups is 3. The molecule has 2 atom stereocenters. The van der Waals surface area contributed by atoms with Gasteiger partial charge in [0.25, 0.3) is 5.91 Å². The maximum absolute atomic E-state index is 12.9. The molecule has 2 saturated heterocycles. The topological polar surface area (TPSA) is 90.5 Å². The lowest BCUT2D eigenvalue weighted by atomic mass is 9.56. The van der Waals surface area contributed by atoms with Crippen molar-refractivity contribution in [3.05, 3.63) is 34.9 Å². The lowest BCUT2D eigenvalue weighted by Crippen LogP contribution is -2.52. The van der Waals surface area contributed by atoms with Gasteiger partial charge < -0.3 is 15.5 Å². The molecule has 1 aliphatic carbocycles. The lowest BCUT2D eigenvalue weighted by molar-refractivity contribution is -0.136. The SMILES string of the molecule is O=C1CCC(N2Cc3ccc(CNCC4CCC45CCNCC5)cc3C2=O)C(=O)N1. The van der Waals surface area contributed by atoms with Crippen molar-refractivity contribution in [2.75, 3.05) is 19.6 Å². The van der Waals surface area contributed by atoms with Crippen LogP contribution in [0.25, 0.3) is 0 Å². The van der Waals surface area contributed by atoms with E-state index >= 15 is 0 Å². The van der Waals surface area contributed by atoms with E-state index in [4.69, 9.17) is 0 Å². The number of nitrogens with zero attached hydrogens (tertiary/aromatic N) is 1. The van der Waals surface area contributed by atoms with E-state index in [-0.39, 0.29) is 24.1 Å². The molecule has 0 radical (unpaired) electrons. The van der Waals surface area contributed by atoms with E-state index in [1.807, 2.05) is 12.1 Å². The molecule has 0 aromatic heterocycles. The minimum atomic E-state index is -0.552. The van der Waals surface area contributed by atoms with E-state index in [1.54, 1.807) is 4.90 Å². The van der Waals surface area contributed by atoms with Crippen molar-refractivity contribution in [3.8, 4) is 0 Å². The quantitative estimate of drug-likeness (QED) is 0.637. The molecule has 0 bridgehead atoms. The fourth-order valence-electron chi connectivity index (χ4n) is 5.76. The van der Waals surface area contributed by atoms with Crippen molar-refractivity contribution in [1.82, 2.24) is 20.9 Å². The third kappa shape index (κ3) is 3.44. The van der Waals surface area contributed by atoms with Gasteiger partial charge in [0.1, 0.15) is 6.04 Å². The molecule has 1 aromatic carbocycles. The van der Waals surface area contributed by atoms with Crippen molar-refractivity contribution >= 4 is 17.7 Å². The summed E-state index contributed by atoms with van der Waals surface area (Å²) in [5, 5.41) is 9.45. The van der Waals surface area contributed by atoms with Crippen LogP contribution in [0.15, 0.2) is 18.2 Å². The molecule has 4 aliphatic rings. The van der Waals surface area contributed by atoms with Crippen molar-refractivity contribution < 1.29 is 14.4 Å². The van der Waals surface area contributed by atoms with Crippen molar-refractivity contribution in [2.24, 2.45) is 11.3 Å². The third-order valence-corrected chi connectivity index (χ3v) is 7.77. The highest BCUT2D eigenvalue weighted by molar-refractivity contribution is 6.05.